The van der Waals surface area contributed by atoms with Crippen LogP contribution in [0, 0.1) is 0 Å². The average molecular weight is 195 g/mol. The van der Waals surface area contributed by atoms with E-state index >= 15 is 0 Å². The number of hydrogen-bond acceptors (Lipinski definition) is 4. The van der Waals surface area contributed by atoms with Gasteiger partial charge in [-0.2, -0.15) is 0 Å². The van der Waals surface area contributed by atoms with Crippen molar-refractivity contribution in [2.24, 2.45) is 0 Å². The highest BCUT2D eigenvalue weighted by atomic mass is 16.7. The molecule has 5 heteroatoms. The van der Waals surface area contributed by atoms with Gasteiger partial charge in [-0.25, -0.2) is 0 Å². The summed E-state index contributed by atoms with van der Waals surface area (Å²) in [6.45, 7) is 0.163. The van der Waals surface area contributed by atoms with Crippen molar-refractivity contribution in [2.45, 2.75) is 0 Å². The zero-order valence-electron chi connectivity index (χ0n) is 7.57. The molecule has 1 aliphatic heterocycles. The third kappa shape index (κ3) is 1.32. The van der Waals surface area contributed by atoms with Crippen LogP contribution in [-0.4, -0.2) is 20.3 Å². The number of amides is 1. The van der Waals surface area contributed by atoms with Gasteiger partial charge < -0.3 is 19.5 Å². The fourth-order valence-corrected chi connectivity index (χ4v) is 1.27. The Labute approximate surface area is 80.6 Å². The second-order valence-electron chi connectivity index (χ2n) is 2.67. The molecule has 1 aliphatic rings. The van der Waals surface area contributed by atoms with Crippen molar-refractivity contribution < 1.29 is 19.0 Å². The largest absolute Gasteiger partial charge is 0.497 e. The third-order valence-electron chi connectivity index (χ3n) is 1.90. The van der Waals surface area contributed by atoms with Crippen LogP contribution in [0.3, 0.4) is 0 Å². The first-order valence-corrected chi connectivity index (χ1v) is 4.03. The van der Waals surface area contributed by atoms with E-state index in [-0.39, 0.29) is 6.79 Å². The normalized spacial score (nSPS) is 12.4. The molecule has 0 radical (unpaired) electrons. The van der Waals surface area contributed by atoms with E-state index < -0.39 is 0 Å². The van der Waals surface area contributed by atoms with Crippen LogP contribution in [0.5, 0.6) is 17.2 Å². The molecule has 0 spiro atoms. The fourth-order valence-electron chi connectivity index (χ4n) is 1.27. The maximum Gasteiger partial charge on any atom is 0.231 e. The van der Waals surface area contributed by atoms with Crippen molar-refractivity contribution in [2.75, 3.05) is 19.2 Å². The number of benzene rings is 1. The number of nitrogens with one attached hydrogen (secondary N) is 1. The summed E-state index contributed by atoms with van der Waals surface area (Å²) in [6, 6.07) is 3.38. The van der Waals surface area contributed by atoms with E-state index in [4.69, 9.17) is 14.2 Å². The Kier molecular flexibility index (Phi) is 2.14. The molecule has 74 valence electrons. The highest BCUT2D eigenvalue weighted by Crippen LogP contribution is 2.42. The Balaban J connectivity index is 2.45. The van der Waals surface area contributed by atoms with Crippen molar-refractivity contribution in [1.82, 2.24) is 0 Å². The molecule has 0 fully saturated rings. The first-order valence-electron chi connectivity index (χ1n) is 4.03. The molecule has 0 aromatic heterocycles. The van der Waals surface area contributed by atoms with E-state index in [1.165, 1.54) is 0 Å². The van der Waals surface area contributed by atoms with Crippen LogP contribution < -0.4 is 19.5 Å². The standard InChI is InChI=1S/C9H9NO4/c1-12-6-2-7(10-4-11)9-8(3-6)13-5-14-9/h2-4H,5H2,1H3,(H,10,11). The smallest absolute Gasteiger partial charge is 0.231 e. The monoisotopic (exact) mass is 195 g/mol. The molecule has 14 heavy (non-hydrogen) atoms. The van der Waals surface area contributed by atoms with Gasteiger partial charge in [-0.05, 0) is 0 Å². The molecule has 1 aromatic rings. The summed E-state index contributed by atoms with van der Waals surface area (Å²) in [5.74, 6) is 1.73. The second-order valence-corrected chi connectivity index (χ2v) is 2.67. The molecule has 0 unspecified atom stereocenters. The Morgan fingerprint density at radius 2 is 2.36 bits per heavy atom. The van der Waals surface area contributed by atoms with E-state index in [1.807, 2.05) is 0 Å². The number of fused-ring (bicyclic) bond motifs is 1. The zero-order valence-corrected chi connectivity index (χ0v) is 7.57. The lowest BCUT2D eigenvalue weighted by Crippen LogP contribution is -1.97. The van der Waals surface area contributed by atoms with Crippen molar-refractivity contribution in [1.29, 1.82) is 0 Å². The molecule has 0 saturated heterocycles. The number of methoxy groups -OCH3 is 1. The quantitative estimate of drug-likeness (QED) is 0.731. The molecule has 0 bridgehead atoms. The number of carbonyl (C=O) groups excluding carboxylic acids is 1. The van der Waals surface area contributed by atoms with Gasteiger partial charge in [-0.1, -0.05) is 0 Å². The van der Waals surface area contributed by atoms with Crippen LogP contribution >= 0.6 is 0 Å². The van der Waals surface area contributed by atoms with Gasteiger partial charge in [-0.15, -0.1) is 0 Å². The lowest BCUT2D eigenvalue weighted by Gasteiger charge is -2.06. The van der Waals surface area contributed by atoms with Gasteiger partial charge in [0.2, 0.25) is 13.2 Å². The lowest BCUT2D eigenvalue weighted by molar-refractivity contribution is -0.105. The van der Waals surface area contributed by atoms with Crippen LogP contribution in [-0.2, 0) is 4.79 Å². The summed E-state index contributed by atoms with van der Waals surface area (Å²) >= 11 is 0. The summed E-state index contributed by atoms with van der Waals surface area (Å²) in [5.41, 5.74) is 0.548. The van der Waals surface area contributed by atoms with Gasteiger partial charge in [0.05, 0.1) is 12.8 Å². The van der Waals surface area contributed by atoms with E-state index in [0.29, 0.717) is 29.3 Å². The minimum atomic E-state index is 0.163. The summed E-state index contributed by atoms with van der Waals surface area (Å²) in [4.78, 5) is 10.3. The number of carbonyl (C=O) groups is 1. The van der Waals surface area contributed by atoms with Crippen molar-refractivity contribution in [3.63, 3.8) is 0 Å². The predicted molar refractivity (Wildman–Crippen MR) is 48.8 cm³/mol. The first kappa shape index (κ1) is 8.68. The zero-order chi connectivity index (χ0) is 9.97. The molecule has 0 saturated carbocycles. The maximum absolute atomic E-state index is 10.3. The summed E-state index contributed by atoms with van der Waals surface area (Å²) in [6.07, 6.45) is 0.580. The SMILES string of the molecule is COc1cc(NC=O)c2c(c1)OCO2. The fraction of sp³-hybridized carbons (Fsp3) is 0.222. The molecule has 1 heterocycles. The number of ether oxygens (including phenoxy) is 3. The topological polar surface area (TPSA) is 56.8 Å². The van der Waals surface area contributed by atoms with E-state index in [9.17, 15) is 4.79 Å². The van der Waals surface area contributed by atoms with Gasteiger partial charge in [0, 0.05) is 12.1 Å². The minimum Gasteiger partial charge on any atom is -0.497 e. The van der Waals surface area contributed by atoms with Gasteiger partial charge >= 0.3 is 0 Å². The van der Waals surface area contributed by atoms with E-state index in [1.54, 1.807) is 19.2 Å². The van der Waals surface area contributed by atoms with E-state index in [2.05, 4.69) is 5.32 Å². The molecule has 0 atom stereocenters. The van der Waals surface area contributed by atoms with E-state index in [0.717, 1.165) is 0 Å². The second kappa shape index (κ2) is 3.45. The van der Waals surface area contributed by atoms with Crippen LogP contribution in [0.1, 0.15) is 0 Å². The molecular weight excluding hydrogens is 186 g/mol. The van der Waals surface area contributed by atoms with Crippen molar-refractivity contribution in [3.05, 3.63) is 12.1 Å². The summed E-state index contributed by atoms with van der Waals surface area (Å²) < 4.78 is 15.4. The van der Waals surface area contributed by atoms with Crippen LogP contribution in [0.25, 0.3) is 0 Å². The van der Waals surface area contributed by atoms with Crippen LogP contribution in [0.4, 0.5) is 5.69 Å². The van der Waals surface area contributed by atoms with Gasteiger partial charge in [-0.3, -0.25) is 4.79 Å². The molecule has 2 rings (SSSR count). The Morgan fingerprint density at radius 3 is 3.07 bits per heavy atom. The molecule has 5 nitrogen and oxygen atoms in total. The minimum absolute atomic E-state index is 0.163. The molecule has 1 amide bonds. The number of rotatable bonds is 3. The molecular formula is C9H9NO4. The lowest BCUT2D eigenvalue weighted by atomic mass is 10.2. The summed E-state index contributed by atoms with van der Waals surface area (Å²) in [5, 5.41) is 2.52. The van der Waals surface area contributed by atoms with Crippen molar-refractivity contribution in [3.8, 4) is 17.2 Å². The highest BCUT2D eigenvalue weighted by molar-refractivity contribution is 5.79. The third-order valence-corrected chi connectivity index (χ3v) is 1.90. The Bertz CT molecular complexity index is 364. The van der Waals surface area contributed by atoms with Gasteiger partial charge in [0.1, 0.15) is 5.75 Å². The van der Waals surface area contributed by atoms with Gasteiger partial charge in [0.15, 0.2) is 11.5 Å². The molecule has 1 aromatic carbocycles. The first-order chi connectivity index (χ1) is 6.85. The maximum atomic E-state index is 10.3. The van der Waals surface area contributed by atoms with Crippen molar-refractivity contribution >= 4 is 12.1 Å². The number of hydrogen-bond donors (Lipinski definition) is 1. The van der Waals surface area contributed by atoms with Crippen LogP contribution in [0.15, 0.2) is 12.1 Å². The van der Waals surface area contributed by atoms with Crippen LogP contribution in [0.2, 0.25) is 0 Å². The Morgan fingerprint density at radius 1 is 1.50 bits per heavy atom. The average Bonchev–Trinajstić information content (AvgIpc) is 2.66. The molecule has 0 aliphatic carbocycles. The number of anilines is 1. The Hall–Kier alpha value is -1.91. The predicted octanol–water partition coefficient (Wildman–Crippen LogP) is 0.992. The molecule has 1 N–H and O–H groups in total. The van der Waals surface area contributed by atoms with Gasteiger partial charge in [0.25, 0.3) is 0 Å². The summed E-state index contributed by atoms with van der Waals surface area (Å²) in [7, 11) is 1.54. The highest BCUT2D eigenvalue weighted by Gasteiger charge is 2.19.